The Morgan fingerprint density at radius 1 is 0.920 bits per heavy atom. The van der Waals surface area contributed by atoms with Crippen LogP contribution < -0.4 is 29.6 Å². The van der Waals surface area contributed by atoms with Crippen LogP contribution in [0, 0.1) is 0 Å². The van der Waals surface area contributed by atoms with Crippen LogP contribution in [-0.4, -0.2) is 27.0 Å². The van der Waals surface area contributed by atoms with Crippen molar-refractivity contribution < 1.29 is 23.7 Å². The lowest BCUT2D eigenvalue weighted by atomic mass is 10.2. The number of rotatable bonds is 6. The zero-order valence-electron chi connectivity index (χ0n) is 14.1. The standard InChI is InChI=1S/C18H20N2O5/c1-22-14-5-13(6-15(8-14)23-2)10-20-18(21)19-9-12-3-4-16-17(7-12)25-11-24-16/h3-8H,9-11H2,1-2H3,(H2,19,20,21). The molecule has 0 unspecified atom stereocenters. The number of nitrogens with one attached hydrogen (secondary N) is 2. The molecule has 2 aromatic carbocycles. The number of fused-ring (bicyclic) bond motifs is 1. The van der Waals surface area contributed by atoms with Gasteiger partial charge in [-0.1, -0.05) is 6.07 Å². The van der Waals surface area contributed by atoms with Gasteiger partial charge in [-0.05, 0) is 35.4 Å². The van der Waals surface area contributed by atoms with Crippen LogP contribution in [-0.2, 0) is 13.1 Å². The van der Waals surface area contributed by atoms with E-state index in [0.29, 0.717) is 30.3 Å². The number of amides is 2. The average Bonchev–Trinajstić information content (AvgIpc) is 3.12. The van der Waals surface area contributed by atoms with Crippen molar-refractivity contribution in [2.24, 2.45) is 0 Å². The van der Waals surface area contributed by atoms with Gasteiger partial charge in [0.2, 0.25) is 6.79 Å². The molecule has 2 aromatic rings. The third kappa shape index (κ3) is 4.26. The van der Waals surface area contributed by atoms with Gasteiger partial charge in [-0.25, -0.2) is 4.79 Å². The smallest absolute Gasteiger partial charge is 0.315 e. The minimum absolute atomic E-state index is 0.233. The third-order valence-corrected chi connectivity index (χ3v) is 3.75. The number of hydrogen-bond donors (Lipinski definition) is 2. The quantitative estimate of drug-likeness (QED) is 0.841. The van der Waals surface area contributed by atoms with E-state index in [-0.39, 0.29) is 12.8 Å². The SMILES string of the molecule is COc1cc(CNC(=O)NCc2ccc3c(c2)OCO3)cc(OC)c1. The van der Waals surface area contributed by atoms with E-state index in [1.54, 1.807) is 20.3 Å². The minimum Gasteiger partial charge on any atom is -0.497 e. The Balaban J connectivity index is 1.51. The lowest BCUT2D eigenvalue weighted by molar-refractivity contribution is 0.174. The summed E-state index contributed by atoms with van der Waals surface area (Å²) in [6, 6.07) is 10.8. The van der Waals surface area contributed by atoms with Crippen molar-refractivity contribution in [2.75, 3.05) is 21.0 Å². The van der Waals surface area contributed by atoms with Crippen molar-refractivity contribution in [3.63, 3.8) is 0 Å². The first-order chi connectivity index (χ1) is 12.2. The zero-order valence-corrected chi connectivity index (χ0v) is 14.1. The Kier molecular flexibility index (Phi) is 5.13. The van der Waals surface area contributed by atoms with Gasteiger partial charge in [0, 0.05) is 19.2 Å². The van der Waals surface area contributed by atoms with Crippen LogP contribution in [0.3, 0.4) is 0 Å². The number of methoxy groups -OCH3 is 2. The summed E-state index contributed by atoms with van der Waals surface area (Å²) in [5.74, 6) is 2.78. The van der Waals surface area contributed by atoms with Gasteiger partial charge in [-0.15, -0.1) is 0 Å². The molecule has 0 aromatic heterocycles. The van der Waals surface area contributed by atoms with E-state index < -0.39 is 0 Å². The van der Waals surface area contributed by atoms with Crippen molar-refractivity contribution in [1.29, 1.82) is 0 Å². The second-order valence-corrected chi connectivity index (χ2v) is 5.44. The maximum atomic E-state index is 12.0. The van der Waals surface area contributed by atoms with Gasteiger partial charge in [0.25, 0.3) is 0 Å². The first-order valence-electron chi connectivity index (χ1n) is 7.80. The maximum Gasteiger partial charge on any atom is 0.315 e. The van der Waals surface area contributed by atoms with Crippen LogP contribution in [0.15, 0.2) is 36.4 Å². The molecule has 0 bridgehead atoms. The second-order valence-electron chi connectivity index (χ2n) is 5.44. The third-order valence-electron chi connectivity index (χ3n) is 3.75. The summed E-state index contributed by atoms with van der Waals surface area (Å²) in [5, 5.41) is 5.62. The van der Waals surface area contributed by atoms with Gasteiger partial charge < -0.3 is 29.6 Å². The molecule has 7 heteroatoms. The minimum atomic E-state index is -0.264. The summed E-state index contributed by atoms with van der Waals surface area (Å²) in [6.45, 7) is 0.987. The fraction of sp³-hybridized carbons (Fsp3) is 0.278. The van der Waals surface area contributed by atoms with Gasteiger partial charge >= 0.3 is 6.03 Å². The van der Waals surface area contributed by atoms with Crippen LogP contribution in [0.5, 0.6) is 23.0 Å². The highest BCUT2D eigenvalue weighted by Gasteiger charge is 2.13. The Morgan fingerprint density at radius 3 is 2.24 bits per heavy atom. The van der Waals surface area contributed by atoms with E-state index in [1.807, 2.05) is 30.3 Å². The first-order valence-corrected chi connectivity index (χ1v) is 7.80. The molecule has 1 aliphatic rings. The summed E-state index contributed by atoms with van der Waals surface area (Å²) in [6.07, 6.45) is 0. The molecule has 0 saturated heterocycles. The van der Waals surface area contributed by atoms with E-state index in [4.69, 9.17) is 18.9 Å². The number of benzene rings is 2. The number of carbonyl (C=O) groups is 1. The lowest BCUT2D eigenvalue weighted by Crippen LogP contribution is -2.34. The highest BCUT2D eigenvalue weighted by Crippen LogP contribution is 2.32. The molecule has 0 saturated carbocycles. The summed E-state index contributed by atoms with van der Waals surface area (Å²) < 4.78 is 21.0. The lowest BCUT2D eigenvalue weighted by Gasteiger charge is -2.11. The number of hydrogen-bond acceptors (Lipinski definition) is 5. The molecule has 25 heavy (non-hydrogen) atoms. The molecule has 3 rings (SSSR count). The molecule has 7 nitrogen and oxygen atoms in total. The van der Waals surface area contributed by atoms with Crippen LogP contribution in [0.1, 0.15) is 11.1 Å². The fourth-order valence-electron chi connectivity index (χ4n) is 2.45. The maximum absolute atomic E-state index is 12.0. The highest BCUT2D eigenvalue weighted by atomic mass is 16.7. The topological polar surface area (TPSA) is 78.1 Å². The summed E-state index contributed by atoms with van der Waals surface area (Å²) in [5.41, 5.74) is 1.82. The van der Waals surface area contributed by atoms with E-state index in [0.717, 1.165) is 16.9 Å². The zero-order chi connectivity index (χ0) is 17.6. The molecule has 0 fully saturated rings. The molecule has 0 aliphatic carbocycles. The predicted octanol–water partition coefficient (Wildman–Crippen LogP) is 2.43. The fourth-order valence-corrected chi connectivity index (χ4v) is 2.45. The van der Waals surface area contributed by atoms with Crippen molar-refractivity contribution in [3.05, 3.63) is 47.5 Å². The van der Waals surface area contributed by atoms with E-state index >= 15 is 0 Å². The van der Waals surface area contributed by atoms with Gasteiger partial charge in [0.1, 0.15) is 11.5 Å². The van der Waals surface area contributed by atoms with Crippen LogP contribution >= 0.6 is 0 Å². The van der Waals surface area contributed by atoms with Crippen molar-refractivity contribution in [2.45, 2.75) is 13.1 Å². The number of ether oxygens (including phenoxy) is 4. The molecular weight excluding hydrogens is 324 g/mol. The first kappa shape index (κ1) is 16.8. The molecule has 2 amide bonds. The molecule has 0 radical (unpaired) electrons. The Labute approximate surface area is 145 Å². The van der Waals surface area contributed by atoms with Gasteiger partial charge in [-0.2, -0.15) is 0 Å². The Hall–Kier alpha value is -3.09. The molecule has 1 aliphatic heterocycles. The highest BCUT2D eigenvalue weighted by molar-refractivity contribution is 5.73. The monoisotopic (exact) mass is 344 g/mol. The number of carbonyl (C=O) groups excluding carboxylic acids is 1. The molecule has 132 valence electrons. The molecule has 2 N–H and O–H groups in total. The predicted molar refractivity (Wildman–Crippen MR) is 91.2 cm³/mol. The van der Waals surface area contributed by atoms with E-state index in [1.165, 1.54) is 0 Å². The summed E-state index contributed by atoms with van der Waals surface area (Å²) in [7, 11) is 3.17. The van der Waals surface area contributed by atoms with Crippen molar-refractivity contribution in [3.8, 4) is 23.0 Å². The van der Waals surface area contributed by atoms with E-state index in [2.05, 4.69) is 10.6 Å². The van der Waals surface area contributed by atoms with Crippen LogP contribution in [0.25, 0.3) is 0 Å². The molecule has 1 heterocycles. The summed E-state index contributed by atoms with van der Waals surface area (Å²) in [4.78, 5) is 12.0. The van der Waals surface area contributed by atoms with Crippen LogP contribution in [0.2, 0.25) is 0 Å². The second kappa shape index (κ2) is 7.65. The molecular formula is C18H20N2O5. The average molecular weight is 344 g/mol. The largest absolute Gasteiger partial charge is 0.497 e. The van der Waals surface area contributed by atoms with Crippen molar-refractivity contribution >= 4 is 6.03 Å². The summed E-state index contributed by atoms with van der Waals surface area (Å²) >= 11 is 0. The molecule has 0 spiro atoms. The van der Waals surface area contributed by atoms with Gasteiger partial charge in [-0.3, -0.25) is 0 Å². The number of urea groups is 1. The Bertz CT molecular complexity index is 741. The van der Waals surface area contributed by atoms with Gasteiger partial charge in [0.15, 0.2) is 11.5 Å². The Morgan fingerprint density at radius 2 is 1.56 bits per heavy atom. The van der Waals surface area contributed by atoms with Gasteiger partial charge in [0.05, 0.1) is 14.2 Å². The van der Waals surface area contributed by atoms with E-state index in [9.17, 15) is 4.79 Å². The normalized spacial score (nSPS) is 11.8. The van der Waals surface area contributed by atoms with Crippen LogP contribution in [0.4, 0.5) is 4.79 Å². The molecule has 0 atom stereocenters. The van der Waals surface area contributed by atoms with Crippen molar-refractivity contribution in [1.82, 2.24) is 10.6 Å².